The number of nitrogens with zero attached hydrogens (tertiary/aromatic N) is 5. The van der Waals surface area contributed by atoms with Crippen molar-refractivity contribution in [2.75, 3.05) is 33.0 Å². The van der Waals surface area contributed by atoms with Crippen molar-refractivity contribution in [1.29, 1.82) is 0 Å². The van der Waals surface area contributed by atoms with Crippen LogP contribution in [-0.2, 0) is 0 Å². The second kappa shape index (κ2) is 69.9. The van der Waals surface area contributed by atoms with Gasteiger partial charge in [0.25, 0.3) is 0 Å². The molecule has 9 rings (SSSR count). The molecule has 0 aliphatic heterocycles. The van der Waals surface area contributed by atoms with E-state index in [1.165, 1.54) is 209 Å². The smallest absolute Gasteiger partial charge is 0.184 e. The summed E-state index contributed by atoms with van der Waals surface area (Å²) in [5.41, 5.74) is 5.21. The zero-order chi connectivity index (χ0) is 101. The molecular weight excluding hydrogens is 1770 g/mol. The van der Waals surface area contributed by atoms with E-state index in [2.05, 4.69) is 187 Å². The second-order valence-corrected chi connectivity index (χ2v) is 36.6. The summed E-state index contributed by atoms with van der Waals surface area (Å²) in [6.45, 7) is 18.1. The van der Waals surface area contributed by atoms with Gasteiger partial charge in [-0.15, -0.1) is 0 Å². The third kappa shape index (κ3) is 49.4. The molecule has 9 aromatic rings. The minimum atomic E-state index is -0.339. The summed E-state index contributed by atoms with van der Waals surface area (Å²) in [5, 5.41) is 0. The van der Waals surface area contributed by atoms with E-state index in [-0.39, 0.29) is 44.5 Å². The van der Waals surface area contributed by atoms with E-state index in [0.29, 0.717) is 141 Å². The SMILES string of the molecule is CCCCCCCCCCC#Cc1cc(OCCCCCCCC)cc(C#Cc2cc(=O)cc(C#Cc3cc(OCCCCCCCC)cc(C#Cc4cc(=O)cc(C#Cc5cc(OCCCCCCCC)cc(C#Cc6cc(=O)cc(C#Cc7cc(OCCCCCCCC)cc(C#Cc8cc(=O)cc(C#Cc9cc(OCCCCCCCC)cc(C#CCCCCCCCCCC)n9)[nH]8)n7)[nH]6)n5)[nH]4)n3)[nH]2)n1. The first-order valence-electron chi connectivity index (χ1n) is 53.6. The normalized spacial score (nSPS) is 10.4. The molecule has 9 aromatic heterocycles. The number of aromatic amines is 4. The monoisotopic (exact) mass is 1920 g/mol. The molecule has 0 aliphatic rings. The fraction of sp³-hybridized carbons (Fsp3) is 0.480. The number of aromatic nitrogens is 9. The van der Waals surface area contributed by atoms with Crippen LogP contribution in [0, 0.1) is 118 Å². The Morgan fingerprint density at radius 1 is 0.175 bits per heavy atom. The van der Waals surface area contributed by atoms with Crippen LogP contribution < -0.4 is 45.4 Å². The van der Waals surface area contributed by atoms with E-state index in [0.717, 1.165) is 148 Å². The van der Waals surface area contributed by atoms with Crippen LogP contribution in [0.2, 0.25) is 0 Å². The number of unbranched alkanes of at least 4 members (excludes halogenated alkanes) is 41. The molecule has 0 unspecified atom stereocenters. The van der Waals surface area contributed by atoms with E-state index >= 15 is 0 Å². The molecule has 0 saturated carbocycles. The molecule has 748 valence electrons. The number of H-pyrrole nitrogens is 4. The average Bonchev–Trinajstić information content (AvgIpc) is 0.849. The number of hydrogen-bond acceptors (Lipinski definition) is 14. The van der Waals surface area contributed by atoms with Crippen molar-refractivity contribution < 1.29 is 23.7 Å². The highest BCUT2D eigenvalue weighted by molar-refractivity contribution is 5.53. The number of hydrogen-bond donors (Lipinski definition) is 4. The van der Waals surface area contributed by atoms with E-state index in [4.69, 9.17) is 48.6 Å². The van der Waals surface area contributed by atoms with Gasteiger partial charge >= 0.3 is 0 Å². The van der Waals surface area contributed by atoms with Crippen LogP contribution in [0.4, 0.5) is 0 Å². The lowest BCUT2D eigenvalue weighted by molar-refractivity contribution is 0.303. The molecule has 143 heavy (non-hydrogen) atoms. The molecular formula is C125H149N9O9. The number of pyridine rings is 9. The van der Waals surface area contributed by atoms with Gasteiger partial charge in [-0.3, -0.25) is 19.2 Å². The maximum Gasteiger partial charge on any atom is 0.184 e. The Kier molecular flexibility index (Phi) is 55.1. The average molecular weight is 1920 g/mol. The molecule has 0 atom stereocenters. The predicted octanol–water partition coefficient (Wildman–Crippen LogP) is 26.1. The largest absolute Gasteiger partial charge is 0.493 e. The zero-order valence-corrected chi connectivity index (χ0v) is 86.3. The van der Waals surface area contributed by atoms with Crippen LogP contribution in [0.3, 0.4) is 0 Å². The van der Waals surface area contributed by atoms with Gasteiger partial charge < -0.3 is 43.6 Å². The summed E-state index contributed by atoms with van der Waals surface area (Å²) in [4.78, 5) is 90.6. The van der Waals surface area contributed by atoms with Crippen LogP contribution in [-0.4, -0.2) is 77.9 Å². The molecule has 0 aliphatic carbocycles. The maximum atomic E-state index is 13.5. The molecule has 4 N–H and O–H groups in total. The van der Waals surface area contributed by atoms with Gasteiger partial charge in [0.15, 0.2) is 21.7 Å². The third-order valence-corrected chi connectivity index (χ3v) is 23.5. The van der Waals surface area contributed by atoms with Gasteiger partial charge in [0.05, 0.1) is 78.6 Å². The van der Waals surface area contributed by atoms with Crippen molar-refractivity contribution in [3.8, 4) is 147 Å². The first-order valence-corrected chi connectivity index (χ1v) is 53.6. The number of ether oxygens (including phenoxy) is 5. The van der Waals surface area contributed by atoms with Gasteiger partial charge in [-0.05, 0) is 152 Å². The fourth-order valence-corrected chi connectivity index (χ4v) is 15.7. The highest BCUT2D eigenvalue weighted by Gasteiger charge is 2.12. The van der Waals surface area contributed by atoms with Crippen molar-refractivity contribution in [3.63, 3.8) is 0 Å². The van der Waals surface area contributed by atoms with E-state index in [1.54, 1.807) is 36.4 Å². The van der Waals surface area contributed by atoms with Crippen LogP contribution in [0.1, 0.15) is 459 Å². The number of rotatable bonds is 56. The van der Waals surface area contributed by atoms with Crippen molar-refractivity contribution in [1.82, 2.24) is 44.9 Å². The summed E-state index contributed by atoms with van der Waals surface area (Å²) in [5.74, 6) is 65.9. The fourth-order valence-electron chi connectivity index (χ4n) is 15.7. The van der Waals surface area contributed by atoms with Gasteiger partial charge in [-0.2, -0.15) is 0 Å². The van der Waals surface area contributed by atoms with Crippen LogP contribution >= 0.6 is 0 Å². The highest BCUT2D eigenvalue weighted by atomic mass is 16.5. The Labute approximate surface area is 852 Å². The molecule has 0 radical (unpaired) electrons. The minimum Gasteiger partial charge on any atom is -0.493 e. The van der Waals surface area contributed by atoms with Crippen molar-refractivity contribution in [2.24, 2.45) is 0 Å². The summed E-state index contributed by atoms with van der Waals surface area (Å²) in [7, 11) is 0. The maximum absolute atomic E-state index is 13.5. The van der Waals surface area contributed by atoms with E-state index < -0.39 is 0 Å². The lowest BCUT2D eigenvalue weighted by Gasteiger charge is -2.07. The highest BCUT2D eigenvalue weighted by Crippen LogP contribution is 2.24. The molecule has 0 saturated heterocycles. The first kappa shape index (κ1) is 113. The predicted molar refractivity (Wildman–Crippen MR) is 580 cm³/mol. The summed E-state index contributed by atoms with van der Waals surface area (Å²) < 4.78 is 31.6. The van der Waals surface area contributed by atoms with Gasteiger partial charge in [-0.1, -0.05) is 311 Å². The zero-order valence-electron chi connectivity index (χ0n) is 86.3. The summed E-state index contributed by atoms with van der Waals surface area (Å²) in [6.07, 6.45) is 54.5. The third-order valence-electron chi connectivity index (χ3n) is 23.5. The van der Waals surface area contributed by atoms with Crippen molar-refractivity contribution >= 4 is 0 Å². The van der Waals surface area contributed by atoms with Gasteiger partial charge in [0, 0.05) is 122 Å². The Bertz CT molecular complexity index is 6040. The second-order valence-electron chi connectivity index (χ2n) is 36.6. The Balaban J connectivity index is 0.955. The molecule has 0 aromatic carbocycles. The molecule has 0 fully saturated rings. The Morgan fingerprint density at radius 3 is 0.476 bits per heavy atom. The van der Waals surface area contributed by atoms with Crippen molar-refractivity contribution in [2.45, 2.75) is 357 Å². The van der Waals surface area contributed by atoms with Crippen LogP contribution in [0.25, 0.3) is 0 Å². The van der Waals surface area contributed by atoms with Crippen LogP contribution in [0.15, 0.2) is 128 Å². The van der Waals surface area contributed by atoms with E-state index in [1.807, 2.05) is 24.3 Å². The Hall–Kier alpha value is -13.9. The quantitative estimate of drug-likeness (QED) is 0.0205. The first-order chi connectivity index (χ1) is 70.2. The molecule has 0 spiro atoms. The lowest BCUT2D eigenvalue weighted by Crippen LogP contribution is -2.03. The molecule has 18 heteroatoms. The topological polar surface area (TPSA) is 242 Å². The van der Waals surface area contributed by atoms with Crippen molar-refractivity contribution in [3.05, 3.63) is 253 Å². The number of nitrogens with one attached hydrogen (secondary N) is 4. The van der Waals surface area contributed by atoms with Gasteiger partial charge in [0.2, 0.25) is 0 Å². The lowest BCUT2D eigenvalue weighted by atomic mass is 10.1. The van der Waals surface area contributed by atoms with E-state index in [9.17, 15) is 19.2 Å². The Morgan fingerprint density at radius 2 is 0.315 bits per heavy atom. The van der Waals surface area contributed by atoms with Gasteiger partial charge in [-0.25, -0.2) is 24.9 Å². The summed E-state index contributed by atoms with van der Waals surface area (Å²) in [6, 6.07) is 29.1. The molecule has 0 bridgehead atoms. The molecule has 9 heterocycles. The molecule has 18 nitrogen and oxygen atoms in total. The molecule has 0 amide bonds. The summed E-state index contributed by atoms with van der Waals surface area (Å²) >= 11 is 0. The van der Waals surface area contributed by atoms with Crippen LogP contribution in [0.5, 0.6) is 28.7 Å². The minimum absolute atomic E-state index is 0.269. The van der Waals surface area contributed by atoms with Gasteiger partial charge in [0.1, 0.15) is 85.7 Å². The standard InChI is InChI=1S/C125H149N9O9/c1-8-15-22-29-36-38-40-42-44-51-58-99-89-121(139-76-53-46-31-24-17-10-3)91-109(126-99)68-60-101-81-117(135)83-103(128-101)62-70-111-93-123(141-78-55-48-33-26-19-12-5)95-113(132-111)72-64-105-85-119(137)87-107(130-105)66-74-115-97-125(143-80-57-50-35-28-21-14-7)98-116(134-115)75-67-108-88-120(138)86-106(131-108)65-73-114-96-124(142-79-56-49-34-27-20-13-6)94-112(133-114)71-63-104-84-118(136)82-102(129-104)61-69-110-92-122(140-77-54-47-32-25-18-11-4)90-100(127-110)59-52-45-43-41-39-37-30-23-16-9-2/h81-98H,8-50,53-57,76-80H2,1-7H3,(H,128,135)(H,129,136)(H,130,137)(H,131,138).